The summed E-state index contributed by atoms with van der Waals surface area (Å²) in [6.07, 6.45) is 8.58. The monoisotopic (exact) mass is 361 g/mol. The number of hydrogen-bond acceptors (Lipinski definition) is 7. The van der Waals surface area contributed by atoms with Crippen LogP contribution in [0.4, 0.5) is 11.8 Å². The van der Waals surface area contributed by atoms with Crippen molar-refractivity contribution in [3.05, 3.63) is 54.1 Å². The van der Waals surface area contributed by atoms with Crippen LogP contribution >= 0.6 is 0 Å². The van der Waals surface area contributed by atoms with Gasteiger partial charge in [-0.25, -0.2) is 9.97 Å². The van der Waals surface area contributed by atoms with Crippen molar-refractivity contribution in [1.29, 1.82) is 0 Å². The van der Waals surface area contributed by atoms with Crippen molar-refractivity contribution in [3.63, 3.8) is 0 Å². The summed E-state index contributed by atoms with van der Waals surface area (Å²) in [6.45, 7) is 3.94. The van der Waals surface area contributed by atoms with E-state index in [0.29, 0.717) is 18.0 Å². The molecule has 27 heavy (non-hydrogen) atoms. The zero-order valence-electron chi connectivity index (χ0n) is 15.6. The molecular weight excluding hydrogens is 338 g/mol. The van der Waals surface area contributed by atoms with Crippen LogP contribution in [-0.2, 0) is 0 Å². The van der Waals surface area contributed by atoms with E-state index in [1.807, 2.05) is 31.5 Å². The van der Waals surface area contributed by atoms with Gasteiger partial charge in [-0.1, -0.05) is 6.07 Å². The Morgan fingerprint density at radius 1 is 0.889 bits per heavy atom. The lowest BCUT2D eigenvalue weighted by molar-refractivity contribution is 0.712. The minimum Gasteiger partial charge on any atom is -0.367 e. The van der Waals surface area contributed by atoms with Crippen LogP contribution in [0.1, 0.15) is 30.5 Å². The SMILES string of the molecule is Cc1cnc(N[C@H]2CC[C@H](Nc3ccc(-c4ncccc4C)cn3)C2)nn1. The van der Waals surface area contributed by atoms with Crippen LogP contribution in [0.2, 0.25) is 0 Å². The molecule has 1 aliphatic rings. The van der Waals surface area contributed by atoms with Gasteiger partial charge in [-0.15, -0.1) is 5.10 Å². The zero-order valence-corrected chi connectivity index (χ0v) is 15.6. The third kappa shape index (κ3) is 4.19. The Hall–Kier alpha value is -3.09. The van der Waals surface area contributed by atoms with Crippen LogP contribution in [-0.4, -0.2) is 37.2 Å². The Morgan fingerprint density at radius 3 is 2.44 bits per heavy atom. The summed E-state index contributed by atoms with van der Waals surface area (Å²) in [7, 11) is 0. The van der Waals surface area contributed by atoms with E-state index >= 15 is 0 Å². The fraction of sp³-hybridized carbons (Fsp3) is 0.350. The van der Waals surface area contributed by atoms with Crippen LogP contribution < -0.4 is 10.6 Å². The molecule has 3 aromatic rings. The van der Waals surface area contributed by atoms with Gasteiger partial charge in [-0.2, -0.15) is 5.10 Å². The highest BCUT2D eigenvalue weighted by Gasteiger charge is 2.25. The Kier molecular flexibility index (Phi) is 4.91. The van der Waals surface area contributed by atoms with Crippen LogP contribution in [0.25, 0.3) is 11.3 Å². The molecule has 0 spiro atoms. The molecule has 0 aliphatic heterocycles. The van der Waals surface area contributed by atoms with E-state index in [-0.39, 0.29) is 0 Å². The van der Waals surface area contributed by atoms with Crippen molar-refractivity contribution < 1.29 is 0 Å². The molecule has 0 aromatic carbocycles. The van der Waals surface area contributed by atoms with Gasteiger partial charge in [0.15, 0.2) is 0 Å². The molecule has 1 fully saturated rings. The molecule has 7 heteroatoms. The number of nitrogens with one attached hydrogen (secondary N) is 2. The fourth-order valence-electron chi connectivity index (χ4n) is 3.44. The maximum absolute atomic E-state index is 4.57. The first-order valence-electron chi connectivity index (χ1n) is 9.25. The largest absolute Gasteiger partial charge is 0.367 e. The van der Waals surface area contributed by atoms with E-state index < -0.39 is 0 Å². The number of rotatable bonds is 5. The van der Waals surface area contributed by atoms with Crippen molar-refractivity contribution in [1.82, 2.24) is 25.1 Å². The molecule has 0 saturated heterocycles. The Bertz CT molecular complexity index is 893. The Morgan fingerprint density at radius 2 is 1.74 bits per heavy atom. The van der Waals surface area contributed by atoms with Crippen molar-refractivity contribution >= 4 is 11.8 Å². The molecule has 2 N–H and O–H groups in total. The van der Waals surface area contributed by atoms with Gasteiger partial charge in [0.25, 0.3) is 0 Å². The average Bonchev–Trinajstić information content (AvgIpc) is 3.12. The maximum atomic E-state index is 4.57. The summed E-state index contributed by atoms with van der Waals surface area (Å²) in [6, 6.07) is 8.84. The van der Waals surface area contributed by atoms with E-state index in [2.05, 4.69) is 54.8 Å². The summed E-state index contributed by atoms with van der Waals surface area (Å²) in [5.74, 6) is 1.49. The molecule has 0 bridgehead atoms. The van der Waals surface area contributed by atoms with Gasteiger partial charge in [-0.05, 0) is 56.9 Å². The first kappa shape index (κ1) is 17.3. The maximum Gasteiger partial charge on any atom is 0.242 e. The molecule has 3 aromatic heterocycles. The van der Waals surface area contributed by atoms with Crippen molar-refractivity contribution in [3.8, 4) is 11.3 Å². The number of nitrogens with zero attached hydrogens (tertiary/aromatic N) is 5. The van der Waals surface area contributed by atoms with E-state index in [1.165, 1.54) is 0 Å². The number of aromatic nitrogens is 5. The van der Waals surface area contributed by atoms with Crippen LogP contribution in [0.15, 0.2) is 42.9 Å². The molecule has 3 heterocycles. The lowest BCUT2D eigenvalue weighted by Crippen LogP contribution is -2.22. The van der Waals surface area contributed by atoms with Gasteiger partial charge < -0.3 is 10.6 Å². The van der Waals surface area contributed by atoms with E-state index in [4.69, 9.17) is 0 Å². The fourth-order valence-corrected chi connectivity index (χ4v) is 3.44. The van der Waals surface area contributed by atoms with Gasteiger partial charge in [0.05, 0.1) is 17.6 Å². The summed E-state index contributed by atoms with van der Waals surface area (Å²) >= 11 is 0. The summed E-state index contributed by atoms with van der Waals surface area (Å²) in [5, 5.41) is 15.0. The highest BCUT2D eigenvalue weighted by Crippen LogP contribution is 2.25. The Balaban J connectivity index is 1.34. The van der Waals surface area contributed by atoms with Crippen LogP contribution in [0.5, 0.6) is 0 Å². The lowest BCUT2D eigenvalue weighted by Gasteiger charge is -2.15. The first-order chi connectivity index (χ1) is 13.2. The quantitative estimate of drug-likeness (QED) is 0.720. The molecule has 4 rings (SSSR count). The molecule has 2 atom stereocenters. The van der Waals surface area contributed by atoms with Gasteiger partial charge in [0.1, 0.15) is 5.82 Å². The second-order valence-electron chi connectivity index (χ2n) is 7.02. The van der Waals surface area contributed by atoms with E-state index in [9.17, 15) is 0 Å². The predicted octanol–water partition coefficient (Wildman–Crippen LogP) is 3.39. The van der Waals surface area contributed by atoms with E-state index in [1.54, 1.807) is 6.20 Å². The highest BCUT2D eigenvalue weighted by atomic mass is 15.2. The second-order valence-corrected chi connectivity index (χ2v) is 7.02. The van der Waals surface area contributed by atoms with Gasteiger partial charge in [0, 0.05) is 30.0 Å². The predicted molar refractivity (Wildman–Crippen MR) is 105 cm³/mol. The van der Waals surface area contributed by atoms with Gasteiger partial charge >= 0.3 is 0 Å². The van der Waals surface area contributed by atoms with Crippen molar-refractivity contribution in [2.75, 3.05) is 10.6 Å². The normalized spacial score (nSPS) is 19.0. The smallest absolute Gasteiger partial charge is 0.242 e. The van der Waals surface area contributed by atoms with Crippen LogP contribution in [0, 0.1) is 13.8 Å². The first-order valence-corrected chi connectivity index (χ1v) is 9.25. The minimum absolute atomic E-state index is 0.349. The summed E-state index contributed by atoms with van der Waals surface area (Å²) in [4.78, 5) is 13.3. The standard InChI is InChI=1S/C20H23N7/c1-13-4-3-9-21-19(13)15-5-8-18(22-12-15)24-16-6-7-17(10-16)25-20-23-11-14(2)26-27-20/h3-5,8-9,11-12,16-17H,6-7,10H2,1-2H3,(H,22,24)(H,23,25,27)/t16-,17-/m0/s1. The molecule has 1 saturated carbocycles. The van der Waals surface area contributed by atoms with Gasteiger partial charge in [-0.3, -0.25) is 4.98 Å². The van der Waals surface area contributed by atoms with Crippen molar-refractivity contribution in [2.24, 2.45) is 0 Å². The zero-order chi connectivity index (χ0) is 18.6. The molecule has 0 amide bonds. The van der Waals surface area contributed by atoms with Crippen molar-refractivity contribution in [2.45, 2.75) is 45.2 Å². The number of anilines is 2. The average molecular weight is 361 g/mol. The molecule has 0 unspecified atom stereocenters. The summed E-state index contributed by atoms with van der Waals surface area (Å²) < 4.78 is 0. The van der Waals surface area contributed by atoms with Gasteiger partial charge in [0.2, 0.25) is 5.95 Å². The summed E-state index contributed by atoms with van der Waals surface area (Å²) in [5.41, 5.74) is 3.99. The number of hydrogen-bond donors (Lipinski definition) is 2. The second kappa shape index (κ2) is 7.65. The molecular formula is C20H23N7. The molecule has 0 radical (unpaired) electrons. The number of pyridine rings is 2. The van der Waals surface area contributed by atoms with E-state index in [0.717, 1.165) is 47.6 Å². The lowest BCUT2D eigenvalue weighted by atomic mass is 10.1. The third-order valence-corrected chi connectivity index (χ3v) is 4.84. The topological polar surface area (TPSA) is 88.5 Å². The molecule has 138 valence electrons. The highest BCUT2D eigenvalue weighted by molar-refractivity contribution is 5.63. The molecule has 1 aliphatic carbocycles. The molecule has 7 nitrogen and oxygen atoms in total. The third-order valence-electron chi connectivity index (χ3n) is 4.84. The minimum atomic E-state index is 0.349. The Labute approximate surface area is 158 Å². The number of aryl methyl sites for hydroxylation is 2. The van der Waals surface area contributed by atoms with Crippen LogP contribution in [0.3, 0.4) is 0 Å².